The van der Waals surface area contributed by atoms with Gasteiger partial charge in [-0.1, -0.05) is 12.1 Å². The van der Waals surface area contributed by atoms with E-state index in [2.05, 4.69) is 15.0 Å². The Balaban J connectivity index is 2.09. The van der Waals surface area contributed by atoms with Gasteiger partial charge in [-0.25, -0.2) is 15.0 Å². The molecule has 8 heteroatoms. The summed E-state index contributed by atoms with van der Waals surface area (Å²) in [6, 6.07) is 14.0. The van der Waals surface area contributed by atoms with Gasteiger partial charge < -0.3 is 4.74 Å². The first-order valence-corrected chi connectivity index (χ1v) is 7.56. The fraction of sp³-hybridized carbons (Fsp3) is 0.111. The minimum atomic E-state index is -0.436. The summed E-state index contributed by atoms with van der Waals surface area (Å²) in [6.07, 6.45) is 1.66. The molecule has 8 nitrogen and oxygen atoms in total. The number of nitriles is 2. The average Bonchev–Trinajstić information content (AvgIpc) is 3.11. The number of carbonyl (C=O) groups excluding carboxylic acids is 1. The third kappa shape index (κ3) is 3.55. The molecule has 0 aliphatic heterocycles. The Morgan fingerprint density at radius 3 is 2.23 bits per heavy atom. The first kappa shape index (κ1) is 16.8. The highest BCUT2D eigenvalue weighted by Gasteiger charge is 2.15. The predicted molar refractivity (Wildman–Crippen MR) is 89.9 cm³/mol. The third-order valence-corrected chi connectivity index (χ3v) is 3.40. The van der Waals surface area contributed by atoms with E-state index in [-0.39, 0.29) is 18.1 Å². The van der Waals surface area contributed by atoms with Crippen LogP contribution in [-0.4, -0.2) is 25.5 Å². The Morgan fingerprint density at radius 1 is 1.00 bits per heavy atom. The number of nitrogens with zero attached hydrogens (tertiary/aromatic N) is 6. The largest absolute Gasteiger partial charge is 0.444 e. The Labute approximate surface area is 149 Å². The summed E-state index contributed by atoms with van der Waals surface area (Å²) in [6.45, 7) is 1.25. The fourth-order valence-electron chi connectivity index (χ4n) is 2.26. The van der Waals surface area contributed by atoms with Crippen LogP contribution in [-0.2, 0) is 16.3 Å². The van der Waals surface area contributed by atoms with Crippen LogP contribution in [0.4, 0.5) is 0 Å². The fourth-order valence-corrected chi connectivity index (χ4v) is 2.26. The minimum absolute atomic E-state index is 0.0614. The van der Waals surface area contributed by atoms with Gasteiger partial charge in [-0.2, -0.15) is 10.5 Å². The molecule has 3 aromatic heterocycles. The van der Waals surface area contributed by atoms with Gasteiger partial charge in [0.1, 0.15) is 34.9 Å². The molecule has 126 valence electrons. The molecule has 3 rings (SSSR count). The van der Waals surface area contributed by atoms with Gasteiger partial charge in [0, 0.05) is 13.1 Å². The van der Waals surface area contributed by atoms with Crippen molar-refractivity contribution < 1.29 is 9.53 Å². The van der Waals surface area contributed by atoms with Crippen LogP contribution in [0.5, 0.6) is 0 Å². The zero-order valence-corrected chi connectivity index (χ0v) is 13.7. The molecule has 0 aliphatic carbocycles. The van der Waals surface area contributed by atoms with E-state index >= 15 is 0 Å². The van der Waals surface area contributed by atoms with Crippen LogP contribution < -0.4 is 0 Å². The van der Waals surface area contributed by atoms with E-state index in [0.717, 1.165) is 0 Å². The van der Waals surface area contributed by atoms with Crippen molar-refractivity contribution in [2.24, 2.45) is 0 Å². The summed E-state index contributed by atoms with van der Waals surface area (Å²) >= 11 is 0. The number of rotatable bonds is 4. The third-order valence-electron chi connectivity index (χ3n) is 3.40. The molecule has 0 saturated carbocycles. The number of hydrogen-bond acceptors (Lipinski definition) is 7. The lowest BCUT2D eigenvalue weighted by Crippen LogP contribution is -2.07. The van der Waals surface area contributed by atoms with E-state index < -0.39 is 5.97 Å². The Bertz CT molecular complexity index is 1060. The van der Waals surface area contributed by atoms with Crippen LogP contribution in [0.15, 0.2) is 42.6 Å². The highest BCUT2D eigenvalue weighted by Crippen LogP contribution is 2.23. The van der Waals surface area contributed by atoms with Crippen molar-refractivity contribution in [2.45, 2.75) is 13.7 Å². The second-order valence-corrected chi connectivity index (χ2v) is 5.22. The van der Waals surface area contributed by atoms with Crippen molar-refractivity contribution in [1.29, 1.82) is 10.5 Å². The van der Waals surface area contributed by atoms with Gasteiger partial charge in [-0.05, 0) is 24.3 Å². The standard InChI is InChI=1S/C18H12N6O2/c1-12(25)26-11-24-10-17(15-6-2-4-13(8-19)21-15)23-18(24)16-7-3-5-14(9-20)22-16/h2-7,10H,11H2,1H3. The van der Waals surface area contributed by atoms with Gasteiger partial charge in [-0.15, -0.1) is 0 Å². The smallest absolute Gasteiger partial charge is 0.304 e. The lowest BCUT2D eigenvalue weighted by Gasteiger charge is -2.07. The Hall–Kier alpha value is -4.04. The first-order chi connectivity index (χ1) is 12.6. The van der Waals surface area contributed by atoms with Crippen molar-refractivity contribution >= 4 is 5.97 Å². The van der Waals surface area contributed by atoms with Crippen molar-refractivity contribution in [1.82, 2.24) is 19.5 Å². The van der Waals surface area contributed by atoms with Gasteiger partial charge in [0.2, 0.25) is 0 Å². The summed E-state index contributed by atoms with van der Waals surface area (Å²) in [5.74, 6) is -0.0166. The van der Waals surface area contributed by atoms with Crippen LogP contribution in [0.1, 0.15) is 18.3 Å². The maximum atomic E-state index is 11.2. The predicted octanol–water partition coefficient (Wildman–Crippen LogP) is 2.27. The number of esters is 1. The molecule has 0 saturated heterocycles. The van der Waals surface area contributed by atoms with Gasteiger partial charge in [0.25, 0.3) is 0 Å². The number of hydrogen-bond donors (Lipinski definition) is 0. The van der Waals surface area contributed by atoms with E-state index in [9.17, 15) is 4.79 Å². The molecule has 0 N–H and O–H groups in total. The average molecular weight is 344 g/mol. The van der Waals surface area contributed by atoms with E-state index in [1.807, 2.05) is 12.1 Å². The number of pyridine rings is 2. The van der Waals surface area contributed by atoms with Gasteiger partial charge in [0.05, 0.1) is 5.69 Å². The van der Waals surface area contributed by atoms with Crippen LogP contribution in [0.3, 0.4) is 0 Å². The van der Waals surface area contributed by atoms with E-state index in [0.29, 0.717) is 22.9 Å². The van der Waals surface area contributed by atoms with Gasteiger partial charge in [-0.3, -0.25) is 9.36 Å². The lowest BCUT2D eigenvalue weighted by molar-refractivity contribution is -0.144. The number of aromatic nitrogens is 4. The van der Waals surface area contributed by atoms with Crippen molar-refractivity contribution in [3.05, 3.63) is 54.0 Å². The van der Waals surface area contributed by atoms with Crippen LogP contribution >= 0.6 is 0 Å². The number of carbonyl (C=O) groups is 1. The molecule has 0 unspecified atom stereocenters. The second kappa shape index (κ2) is 7.24. The van der Waals surface area contributed by atoms with Crippen LogP contribution in [0.2, 0.25) is 0 Å². The maximum Gasteiger partial charge on any atom is 0.304 e. The Kier molecular flexibility index (Phi) is 4.68. The molecular weight excluding hydrogens is 332 g/mol. The molecule has 0 bridgehead atoms. The highest BCUT2D eigenvalue weighted by molar-refractivity contribution is 5.66. The normalized spacial score (nSPS) is 9.96. The molecule has 0 fully saturated rings. The number of ether oxygens (including phenoxy) is 1. The summed E-state index contributed by atoms with van der Waals surface area (Å²) in [5, 5.41) is 18.1. The SMILES string of the molecule is CC(=O)OCn1cc(-c2cccc(C#N)n2)nc1-c1cccc(C#N)n1. The molecule has 3 heterocycles. The molecule has 0 spiro atoms. The summed E-state index contributed by atoms with van der Waals surface area (Å²) in [5.41, 5.74) is 1.97. The topological polar surface area (TPSA) is 117 Å². The monoisotopic (exact) mass is 344 g/mol. The zero-order chi connectivity index (χ0) is 18.5. The van der Waals surface area contributed by atoms with Crippen molar-refractivity contribution in [3.8, 4) is 35.0 Å². The zero-order valence-electron chi connectivity index (χ0n) is 13.7. The van der Waals surface area contributed by atoms with Gasteiger partial charge >= 0.3 is 5.97 Å². The molecule has 0 atom stereocenters. The summed E-state index contributed by atoms with van der Waals surface area (Å²) < 4.78 is 6.66. The summed E-state index contributed by atoms with van der Waals surface area (Å²) in [7, 11) is 0. The first-order valence-electron chi connectivity index (χ1n) is 7.56. The molecular formula is C18H12N6O2. The molecule has 0 amide bonds. The molecule has 0 radical (unpaired) electrons. The highest BCUT2D eigenvalue weighted by atomic mass is 16.5. The van der Waals surface area contributed by atoms with E-state index in [1.54, 1.807) is 47.2 Å². The second-order valence-electron chi connectivity index (χ2n) is 5.22. The van der Waals surface area contributed by atoms with Crippen molar-refractivity contribution in [2.75, 3.05) is 0 Å². The minimum Gasteiger partial charge on any atom is -0.444 e. The Morgan fingerprint density at radius 2 is 1.62 bits per heavy atom. The quantitative estimate of drug-likeness (QED) is 0.666. The lowest BCUT2D eigenvalue weighted by atomic mass is 10.2. The summed E-state index contributed by atoms with van der Waals surface area (Å²) in [4.78, 5) is 24.1. The maximum absolute atomic E-state index is 11.2. The molecule has 0 aromatic carbocycles. The molecule has 26 heavy (non-hydrogen) atoms. The molecule has 3 aromatic rings. The van der Waals surface area contributed by atoms with Crippen molar-refractivity contribution in [3.63, 3.8) is 0 Å². The molecule has 0 aliphatic rings. The van der Waals surface area contributed by atoms with Crippen LogP contribution in [0, 0.1) is 22.7 Å². The van der Waals surface area contributed by atoms with Gasteiger partial charge in [0.15, 0.2) is 12.6 Å². The van der Waals surface area contributed by atoms with E-state index in [1.165, 1.54) is 6.92 Å². The number of imidazole rings is 1. The van der Waals surface area contributed by atoms with E-state index in [4.69, 9.17) is 15.3 Å². The van der Waals surface area contributed by atoms with Crippen LogP contribution in [0.25, 0.3) is 22.9 Å².